The summed E-state index contributed by atoms with van der Waals surface area (Å²) in [6, 6.07) is 3.40. The van der Waals surface area contributed by atoms with E-state index in [1.807, 2.05) is 0 Å². The van der Waals surface area contributed by atoms with E-state index < -0.39 is 27.7 Å². The zero-order valence-electron chi connectivity index (χ0n) is 14.2. The zero-order chi connectivity index (χ0) is 19.5. The zero-order valence-corrected chi connectivity index (χ0v) is 15.1. The van der Waals surface area contributed by atoms with E-state index in [1.165, 1.54) is 4.31 Å². The van der Waals surface area contributed by atoms with Crippen LogP contribution >= 0.6 is 0 Å². The maximum absolute atomic E-state index is 12.7. The number of halogens is 3. The van der Waals surface area contributed by atoms with Gasteiger partial charge in [0.2, 0.25) is 10.0 Å². The molecule has 0 amide bonds. The minimum atomic E-state index is -4.52. The monoisotopic (exact) mass is 394 g/mol. The van der Waals surface area contributed by atoms with Crippen molar-refractivity contribution in [2.24, 2.45) is 0 Å². The van der Waals surface area contributed by atoms with E-state index >= 15 is 0 Å². The van der Waals surface area contributed by atoms with Crippen LogP contribution in [0.25, 0.3) is 0 Å². The molecular weight excluding hydrogens is 373 g/mol. The number of hydrogen-bond donors (Lipinski definition) is 1. The van der Waals surface area contributed by atoms with Gasteiger partial charge in [0.25, 0.3) is 0 Å². The number of aliphatic carboxylic acids is 1. The fraction of sp³-hybridized carbons (Fsp3) is 0.562. The number of rotatable bonds is 5. The molecule has 1 saturated heterocycles. The van der Waals surface area contributed by atoms with Gasteiger partial charge in [-0.25, -0.2) is 8.42 Å². The van der Waals surface area contributed by atoms with Crippen molar-refractivity contribution in [3.8, 4) is 0 Å². The maximum Gasteiger partial charge on any atom is 0.416 e. The number of carboxylic acid groups (broad SMARTS) is 1. The van der Waals surface area contributed by atoms with Crippen molar-refractivity contribution in [3.63, 3.8) is 0 Å². The van der Waals surface area contributed by atoms with Gasteiger partial charge in [0.05, 0.1) is 17.0 Å². The molecule has 1 fully saturated rings. The topological polar surface area (TPSA) is 77.9 Å². The molecule has 6 nitrogen and oxygen atoms in total. The molecule has 1 heterocycles. The van der Waals surface area contributed by atoms with Gasteiger partial charge in [-0.3, -0.25) is 9.69 Å². The molecule has 2 rings (SSSR count). The van der Waals surface area contributed by atoms with E-state index in [9.17, 15) is 26.4 Å². The van der Waals surface area contributed by atoms with Crippen molar-refractivity contribution >= 4 is 16.0 Å². The van der Waals surface area contributed by atoms with E-state index in [-0.39, 0.29) is 30.6 Å². The summed E-state index contributed by atoms with van der Waals surface area (Å²) in [5, 5.41) is 8.87. The number of nitrogens with zero attached hydrogens (tertiary/aromatic N) is 2. The predicted octanol–water partition coefficient (Wildman–Crippen LogP) is 2.27. The highest BCUT2D eigenvalue weighted by molar-refractivity contribution is 7.89. The van der Waals surface area contributed by atoms with E-state index in [2.05, 4.69) is 0 Å². The molecule has 146 valence electrons. The van der Waals surface area contributed by atoms with E-state index in [4.69, 9.17) is 5.11 Å². The quantitative estimate of drug-likeness (QED) is 0.829. The van der Waals surface area contributed by atoms with Gasteiger partial charge in [-0.15, -0.1) is 0 Å². The normalized spacial score (nSPS) is 20.1. The van der Waals surface area contributed by atoms with Crippen LogP contribution in [0.3, 0.4) is 0 Å². The van der Waals surface area contributed by atoms with Crippen LogP contribution in [-0.2, 0) is 21.0 Å². The molecule has 0 saturated carbocycles. The Labute approximate surface area is 150 Å². The lowest BCUT2D eigenvalue weighted by molar-refractivity contribution is -0.139. The van der Waals surface area contributed by atoms with Gasteiger partial charge in [0.1, 0.15) is 0 Å². The van der Waals surface area contributed by atoms with Crippen LogP contribution in [-0.4, -0.2) is 61.4 Å². The molecule has 1 unspecified atom stereocenters. The lowest BCUT2D eigenvalue weighted by Gasteiger charge is -2.25. The molecule has 10 heteroatoms. The Hall–Kier alpha value is -1.65. The van der Waals surface area contributed by atoms with Gasteiger partial charge in [-0.1, -0.05) is 0 Å². The number of hydrogen-bond acceptors (Lipinski definition) is 4. The number of carbonyl (C=O) groups is 1. The summed E-state index contributed by atoms with van der Waals surface area (Å²) in [7, 11) is -2.21. The minimum Gasteiger partial charge on any atom is -0.480 e. The average Bonchev–Trinajstić information content (AvgIpc) is 2.80. The Morgan fingerprint density at radius 1 is 1.23 bits per heavy atom. The standard InChI is InChI=1S/C16H21F3N2O4S/c1-20(11-15(22)23)13-3-2-9-21(10-8-13)26(24,25)14-6-4-12(5-7-14)16(17,18)19/h4-7,13H,2-3,8-11H2,1H3,(H,22,23). The van der Waals surface area contributed by atoms with Crippen molar-refractivity contribution < 1.29 is 31.5 Å². The second-order valence-electron chi connectivity index (χ2n) is 6.32. The summed E-state index contributed by atoms with van der Waals surface area (Å²) in [4.78, 5) is 12.3. The second kappa shape index (κ2) is 7.93. The summed E-state index contributed by atoms with van der Waals surface area (Å²) in [6.45, 7) is 0.315. The molecule has 0 bridgehead atoms. The van der Waals surface area contributed by atoms with Crippen LogP contribution in [0, 0.1) is 0 Å². The molecule has 0 aromatic heterocycles. The molecule has 1 aromatic carbocycles. The largest absolute Gasteiger partial charge is 0.480 e. The van der Waals surface area contributed by atoms with E-state index in [1.54, 1.807) is 11.9 Å². The predicted molar refractivity (Wildman–Crippen MR) is 88.1 cm³/mol. The highest BCUT2D eigenvalue weighted by atomic mass is 32.2. The van der Waals surface area contributed by atoms with Gasteiger partial charge in [0.15, 0.2) is 0 Å². The van der Waals surface area contributed by atoms with Gasteiger partial charge < -0.3 is 5.11 Å². The first kappa shape index (κ1) is 20.7. The molecule has 1 aliphatic heterocycles. The number of alkyl halides is 3. The maximum atomic E-state index is 12.7. The number of benzene rings is 1. The van der Waals surface area contributed by atoms with Crippen LogP contribution in [0.4, 0.5) is 13.2 Å². The molecule has 0 radical (unpaired) electrons. The van der Waals surface area contributed by atoms with Crippen LogP contribution < -0.4 is 0 Å². The van der Waals surface area contributed by atoms with Crippen molar-refractivity contribution in [1.82, 2.24) is 9.21 Å². The molecular formula is C16H21F3N2O4S. The lowest BCUT2D eigenvalue weighted by Crippen LogP contribution is -2.37. The third-order valence-electron chi connectivity index (χ3n) is 4.48. The number of likely N-dealkylation sites (N-methyl/N-ethyl adjacent to an activating group) is 1. The molecule has 26 heavy (non-hydrogen) atoms. The van der Waals surface area contributed by atoms with E-state index in [0.717, 1.165) is 24.3 Å². The van der Waals surface area contributed by atoms with Gasteiger partial charge in [0, 0.05) is 19.1 Å². The smallest absolute Gasteiger partial charge is 0.416 e. The summed E-state index contributed by atoms with van der Waals surface area (Å²) >= 11 is 0. The van der Waals surface area contributed by atoms with Gasteiger partial charge in [-0.2, -0.15) is 17.5 Å². The molecule has 0 aliphatic carbocycles. The van der Waals surface area contributed by atoms with Gasteiger partial charge >= 0.3 is 12.1 Å². The van der Waals surface area contributed by atoms with E-state index in [0.29, 0.717) is 19.3 Å². The highest BCUT2D eigenvalue weighted by Crippen LogP contribution is 2.30. The average molecular weight is 394 g/mol. The number of sulfonamides is 1. The Morgan fingerprint density at radius 3 is 2.38 bits per heavy atom. The number of carboxylic acids is 1. The first-order chi connectivity index (χ1) is 12.0. The van der Waals surface area contributed by atoms with Crippen molar-refractivity contribution in [2.75, 3.05) is 26.7 Å². The van der Waals surface area contributed by atoms with Crippen molar-refractivity contribution in [1.29, 1.82) is 0 Å². The fourth-order valence-corrected chi connectivity index (χ4v) is 4.53. The SMILES string of the molecule is CN(CC(=O)O)C1CCCN(S(=O)(=O)c2ccc(C(F)(F)F)cc2)CC1. The summed E-state index contributed by atoms with van der Waals surface area (Å²) in [5.74, 6) is -0.953. The lowest BCUT2D eigenvalue weighted by atomic mass is 10.1. The molecule has 1 aromatic rings. The molecule has 0 spiro atoms. The Kier molecular flexibility index (Phi) is 6.30. The van der Waals surface area contributed by atoms with Crippen LogP contribution in [0.5, 0.6) is 0 Å². The van der Waals surface area contributed by atoms with Crippen LogP contribution in [0.1, 0.15) is 24.8 Å². The summed E-state index contributed by atoms with van der Waals surface area (Å²) in [6.07, 6.45) is -2.85. The van der Waals surface area contributed by atoms with Crippen LogP contribution in [0.15, 0.2) is 29.2 Å². The highest BCUT2D eigenvalue weighted by Gasteiger charge is 2.32. The third kappa shape index (κ3) is 4.95. The molecule has 1 atom stereocenters. The molecule has 1 aliphatic rings. The van der Waals surface area contributed by atoms with Gasteiger partial charge in [-0.05, 0) is 50.6 Å². The Morgan fingerprint density at radius 2 is 1.85 bits per heavy atom. The Balaban J connectivity index is 2.11. The summed E-state index contributed by atoms with van der Waals surface area (Å²) in [5.41, 5.74) is -0.900. The van der Waals surface area contributed by atoms with Crippen LogP contribution in [0.2, 0.25) is 0 Å². The second-order valence-corrected chi connectivity index (χ2v) is 8.26. The minimum absolute atomic E-state index is 0.0566. The van der Waals surface area contributed by atoms with Crippen molar-refractivity contribution in [2.45, 2.75) is 36.4 Å². The first-order valence-corrected chi connectivity index (χ1v) is 9.55. The summed E-state index contributed by atoms with van der Waals surface area (Å²) < 4.78 is 64.5. The third-order valence-corrected chi connectivity index (χ3v) is 6.40. The molecule has 1 N–H and O–H groups in total. The Bertz CT molecular complexity index is 735. The van der Waals surface area contributed by atoms with Crippen molar-refractivity contribution in [3.05, 3.63) is 29.8 Å². The first-order valence-electron chi connectivity index (χ1n) is 8.11. The fourth-order valence-electron chi connectivity index (χ4n) is 3.04.